The van der Waals surface area contributed by atoms with Gasteiger partial charge in [-0.3, -0.25) is 0 Å². The average Bonchev–Trinajstić information content (AvgIpc) is 2.45. The zero-order valence-electron chi connectivity index (χ0n) is 12.4. The molecule has 19 heavy (non-hydrogen) atoms. The van der Waals surface area contributed by atoms with Gasteiger partial charge in [0.1, 0.15) is 6.10 Å². The van der Waals surface area contributed by atoms with Gasteiger partial charge in [0.15, 0.2) is 5.75 Å². The van der Waals surface area contributed by atoms with E-state index in [9.17, 15) is 0 Å². The van der Waals surface area contributed by atoms with Crippen molar-refractivity contribution in [3.8, 4) is 5.75 Å². The Kier molecular flexibility index (Phi) is 9.17. The van der Waals surface area contributed by atoms with Gasteiger partial charge >= 0.3 is 0 Å². The minimum absolute atomic E-state index is 0.163. The first kappa shape index (κ1) is 16.0. The minimum atomic E-state index is 0.163. The standard InChI is InChI=1S/C17H28O2/c1-3-4-5-6-7-8-10-13-16(2)18-19-17-14-11-9-12-15-17/h9,11-12,14-16H,3-8,10,13H2,1-2H3. The molecule has 1 unspecified atom stereocenters. The van der Waals surface area contributed by atoms with E-state index in [2.05, 4.69) is 13.8 Å². The van der Waals surface area contributed by atoms with Crippen LogP contribution in [-0.2, 0) is 4.89 Å². The van der Waals surface area contributed by atoms with Crippen molar-refractivity contribution in [2.75, 3.05) is 0 Å². The van der Waals surface area contributed by atoms with Crippen molar-refractivity contribution in [1.82, 2.24) is 0 Å². The topological polar surface area (TPSA) is 18.5 Å². The average molecular weight is 264 g/mol. The van der Waals surface area contributed by atoms with E-state index in [0.29, 0.717) is 0 Å². The molecule has 108 valence electrons. The van der Waals surface area contributed by atoms with Crippen LogP contribution in [0.4, 0.5) is 0 Å². The predicted molar refractivity (Wildman–Crippen MR) is 80.2 cm³/mol. The van der Waals surface area contributed by atoms with Gasteiger partial charge in [-0.15, -0.1) is 0 Å². The summed E-state index contributed by atoms with van der Waals surface area (Å²) < 4.78 is 0. The third kappa shape index (κ3) is 8.66. The Bertz CT molecular complexity index is 297. The lowest BCUT2D eigenvalue weighted by Gasteiger charge is -2.12. The first-order valence-corrected chi connectivity index (χ1v) is 7.71. The number of benzene rings is 1. The summed E-state index contributed by atoms with van der Waals surface area (Å²) in [5.41, 5.74) is 0. The first-order chi connectivity index (χ1) is 9.33. The highest BCUT2D eigenvalue weighted by molar-refractivity contribution is 5.20. The molecule has 0 saturated carbocycles. The third-order valence-electron chi connectivity index (χ3n) is 3.27. The number of hydrogen-bond acceptors (Lipinski definition) is 2. The van der Waals surface area contributed by atoms with Crippen LogP contribution in [0.5, 0.6) is 5.75 Å². The maximum absolute atomic E-state index is 5.37. The lowest BCUT2D eigenvalue weighted by molar-refractivity contribution is -0.241. The second-order valence-electron chi connectivity index (χ2n) is 5.21. The smallest absolute Gasteiger partial charge is 0.165 e. The minimum Gasteiger partial charge on any atom is -0.337 e. The maximum atomic E-state index is 5.37. The molecule has 0 aliphatic carbocycles. The molecule has 1 aromatic rings. The van der Waals surface area contributed by atoms with E-state index < -0.39 is 0 Å². The molecular weight excluding hydrogens is 236 g/mol. The summed E-state index contributed by atoms with van der Waals surface area (Å²) in [4.78, 5) is 10.7. The number of hydrogen-bond donors (Lipinski definition) is 0. The van der Waals surface area contributed by atoms with Crippen molar-refractivity contribution in [1.29, 1.82) is 0 Å². The molecule has 0 N–H and O–H groups in total. The van der Waals surface area contributed by atoms with Crippen molar-refractivity contribution in [3.63, 3.8) is 0 Å². The fourth-order valence-electron chi connectivity index (χ4n) is 2.05. The summed E-state index contributed by atoms with van der Waals surface area (Å²) in [6, 6.07) is 9.66. The van der Waals surface area contributed by atoms with E-state index in [1.807, 2.05) is 30.3 Å². The molecule has 0 fully saturated rings. The van der Waals surface area contributed by atoms with Gasteiger partial charge in [0.25, 0.3) is 0 Å². The largest absolute Gasteiger partial charge is 0.337 e. The van der Waals surface area contributed by atoms with Crippen LogP contribution >= 0.6 is 0 Å². The van der Waals surface area contributed by atoms with Gasteiger partial charge in [0, 0.05) is 0 Å². The molecule has 2 heteroatoms. The number of unbranched alkanes of at least 4 members (excludes halogenated alkanes) is 6. The normalized spacial score (nSPS) is 12.3. The fourth-order valence-corrected chi connectivity index (χ4v) is 2.05. The summed E-state index contributed by atoms with van der Waals surface area (Å²) in [6.45, 7) is 4.33. The van der Waals surface area contributed by atoms with E-state index in [-0.39, 0.29) is 6.10 Å². The van der Waals surface area contributed by atoms with Gasteiger partial charge in [-0.05, 0) is 25.5 Å². The molecule has 0 spiro atoms. The summed E-state index contributed by atoms with van der Waals surface area (Å²) in [5, 5.41) is 0. The van der Waals surface area contributed by atoms with Crippen molar-refractivity contribution in [2.24, 2.45) is 0 Å². The highest BCUT2D eigenvalue weighted by Crippen LogP contribution is 2.13. The van der Waals surface area contributed by atoms with E-state index in [0.717, 1.165) is 12.2 Å². The van der Waals surface area contributed by atoms with Gasteiger partial charge in [0.05, 0.1) is 0 Å². The second-order valence-corrected chi connectivity index (χ2v) is 5.21. The van der Waals surface area contributed by atoms with Crippen LogP contribution in [0.15, 0.2) is 30.3 Å². The molecular formula is C17H28O2. The zero-order chi connectivity index (χ0) is 13.8. The molecule has 1 aromatic carbocycles. The molecule has 0 aromatic heterocycles. The van der Waals surface area contributed by atoms with Crippen LogP contribution in [0.3, 0.4) is 0 Å². The van der Waals surface area contributed by atoms with Gasteiger partial charge in [-0.2, -0.15) is 4.89 Å². The van der Waals surface area contributed by atoms with Crippen molar-refractivity contribution >= 4 is 0 Å². The monoisotopic (exact) mass is 264 g/mol. The highest BCUT2D eigenvalue weighted by Gasteiger charge is 2.04. The van der Waals surface area contributed by atoms with E-state index >= 15 is 0 Å². The predicted octanol–water partition coefficient (Wildman–Crippen LogP) is 5.53. The van der Waals surface area contributed by atoms with Crippen molar-refractivity contribution in [3.05, 3.63) is 30.3 Å². The summed E-state index contributed by atoms with van der Waals surface area (Å²) >= 11 is 0. The molecule has 0 saturated heterocycles. The fraction of sp³-hybridized carbons (Fsp3) is 0.647. The van der Waals surface area contributed by atoms with Crippen LogP contribution in [0.2, 0.25) is 0 Å². The molecule has 0 bridgehead atoms. The van der Waals surface area contributed by atoms with Crippen LogP contribution < -0.4 is 4.89 Å². The summed E-state index contributed by atoms with van der Waals surface area (Å²) in [5.74, 6) is 0.772. The lowest BCUT2D eigenvalue weighted by Crippen LogP contribution is -2.10. The van der Waals surface area contributed by atoms with Gasteiger partial charge in [-0.1, -0.05) is 70.1 Å². The third-order valence-corrected chi connectivity index (χ3v) is 3.27. The van der Waals surface area contributed by atoms with E-state index in [1.54, 1.807) is 0 Å². The van der Waals surface area contributed by atoms with Crippen LogP contribution in [-0.4, -0.2) is 6.10 Å². The lowest BCUT2D eigenvalue weighted by atomic mass is 10.1. The molecule has 0 radical (unpaired) electrons. The van der Waals surface area contributed by atoms with E-state index in [1.165, 1.54) is 44.9 Å². The summed E-state index contributed by atoms with van der Waals surface area (Å²) in [6.07, 6.45) is 10.6. The Morgan fingerprint density at radius 3 is 2.21 bits per heavy atom. The Balaban J connectivity index is 1.95. The SMILES string of the molecule is CCCCCCCCCC(C)OOc1ccccc1. The second kappa shape index (κ2) is 10.9. The number of para-hydroxylation sites is 1. The molecule has 2 nitrogen and oxygen atoms in total. The Morgan fingerprint density at radius 2 is 1.53 bits per heavy atom. The van der Waals surface area contributed by atoms with Gasteiger partial charge < -0.3 is 4.89 Å². The van der Waals surface area contributed by atoms with Crippen molar-refractivity contribution in [2.45, 2.75) is 71.3 Å². The molecule has 1 rings (SSSR count). The quantitative estimate of drug-likeness (QED) is 0.297. The van der Waals surface area contributed by atoms with Crippen molar-refractivity contribution < 1.29 is 9.78 Å². The molecule has 0 heterocycles. The number of rotatable bonds is 11. The highest BCUT2D eigenvalue weighted by atomic mass is 17.2. The molecule has 0 aliphatic rings. The van der Waals surface area contributed by atoms with Crippen LogP contribution in [0.1, 0.15) is 65.2 Å². The molecule has 1 atom stereocenters. The zero-order valence-corrected chi connectivity index (χ0v) is 12.4. The Labute approximate surface area is 118 Å². The Morgan fingerprint density at radius 1 is 0.895 bits per heavy atom. The van der Waals surface area contributed by atoms with Crippen LogP contribution in [0.25, 0.3) is 0 Å². The van der Waals surface area contributed by atoms with E-state index in [4.69, 9.17) is 9.78 Å². The maximum Gasteiger partial charge on any atom is 0.165 e. The molecule has 0 amide bonds. The van der Waals surface area contributed by atoms with Crippen LogP contribution in [0, 0.1) is 0 Å². The van der Waals surface area contributed by atoms with Gasteiger partial charge in [0.2, 0.25) is 0 Å². The van der Waals surface area contributed by atoms with Gasteiger partial charge in [-0.25, -0.2) is 0 Å². The summed E-state index contributed by atoms with van der Waals surface area (Å²) in [7, 11) is 0. The molecule has 0 aliphatic heterocycles. The Hall–Kier alpha value is -1.02. The first-order valence-electron chi connectivity index (χ1n) is 7.71.